The highest BCUT2D eigenvalue weighted by Gasteiger charge is 2.16. The zero-order valence-electron chi connectivity index (χ0n) is 18.2. The Labute approximate surface area is 187 Å². The summed E-state index contributed by atoms with van der Waals surface area (Å²) in [5.74, 6) is -0.664. The number of carbonyl (C=O) groups is 2. The smallest absolute Gasteiger partial charge is 0.255 e. The minimum absolute atomic E-state index is 0.000699. The van der Waals surface area contributed by atoms with Crippen LogP contribution in [0.2, 0.25) is 0 Å². The molecule has 0 aromatic heterocycles. The molecule has 3 aromatic carbocycles. The predicted molar refractivity (Wildman–Crippen MR) is 126 cm³/mol. The van der Waals surface area contributed by atoms with Gasteiger partial charge in [0.2, 0.25) is 0 Å². The second kappa shape index (κ2) is 9.34. The molecule has 0 saturated heterocycles. The van der Waals surface area contributed by atoms with E-state index in [1.807, 2.05) is 12.1 Å². The quantitative estimate of drug-likeness (QED) is 0.205. The topological polar surface area (TPSA) is 117 Å². The Kier molecular flexibility index (Phi) is 6.59. The van der Waals surface area contributed by atoms with Crippen molar-refractivity contribution in [1.82, 2.24) is 0 Å². The van der Waals surface area contributed by atoms with Crippen molar-refractivity contribution >= 4 is 29.0 Å². The Bertz CT molecular complexity index is 1150. The number of amides is 2. The lowest BCUT2D eigenvalue weighted by atomic mass is 9.87. The largest absolute Gasteiger partial charge is 0.409 e. The average Bonchev–Trinajstić information content (AvgIpc) is 2.79. The highest BCUT2D eigenvalue weighted by molar-refractivity contribution is 6.10. The van der Waals surface area contributed by atoms with Gasteiger partial charge in [0, 0.05) is 16.7 Å². The molecule has 7 heteroatoms. The Morgan fingerprint density at radius 2 is 1.16 bits per heavy atom. The van der Waals surface area contributed by atoms with Gasteiger partial charge < -0.3 is 21.6 Å². The summed E-state index contributed by atoms with van der Waals surface area (Å²) >= 11 is 0. The number of benzene rings is 3. The van der Waals surface area contributed by atoms with Crippen LogP contribution in [-0.2, 0) is 5.41 Å². The van der Waals surface area contributed by atoms with Gasteiger partial charge in [0.15, 0.2) is 5.84 Å². The summed E-state index contributed by atoms with van der Waals surface area (Å²) in [4.78, 5) is 25.4. The first kappa shape index (κ1) is 22.6. The van der Waals surface area contributed by atoms with Crippen LogP contribution in [0.15, 0.2) is 78.0 Å². The van der Waals surface area contributed by atoms with Crippen molar-refractivity contribution in [2.24, 2.45) is 10.9 Å². The number of para-hydroxylation sites is 2. The summed E-state index contributed by atoms with van der Waals surface area (Å²) in [6.07, 6.45) is 0. The van der Waals surface area contributed by atoms with Gasteiger partial charge in [-0.05, 0) is 47.4 Å². The van der Waals surface area contributed by atoms with Crippen molar-refractivity contribution in [3.05, 3.63) is 95.1 Å². The maximum absolute atomic E-state index is 12.7. The third kappa shape index (κ3) is 5.31. The maximum atomic E-state index is 12.7. The lowest BCUT2D eigenvalue weighted by molar-refractivity contribution is 0.101. The molecule has 0 bridgehead atoms. The second-order valence-corrected chi connectivity index (χ2v) is 8.34. The van der Waals surface area contributed by atoms with E-state index in [4.69, 9.17) is 10.9 Å². The molecule has 0 fully saturated rings. The molecule has 0 saturated carbocycles. The highest BCUT2D eigenvalue weighted by atomic mass is 16.4. The van der Waals surface area contributed by atoms with Crippen LogP contribution in [0.3, 0.4) is 0 Å². The molecule has 164 valence electrons. The molecular weight excluding hydrogens is 404 g/mol. The van der Waals surface area contributed by atoms with E-state index in [0.29, 0.717) is 28.1 Å². The van der Waals surface area contributed by atoms with E-state index in [1.54, 1.807) is 60.7 Å². The lowest BCUT2D eigenvalue weighted by Gasteiger charge is -2.19. The predicted octanol–water partition coefficient (Wildman–Crippen LogP) is 4.58. The Hall–Kier alpha value is -4.13. The van der Waals surface area contributed by atoms with Crippen molar-refractivity contribution < 1.29 is 14.8 Å². The molecule has 0 heterocycles. The minimum Gasteiger partial charge on any atom is -0.409 e. The van der Waals surface area contributed by atoms with Gasteiger partial charge in [-0.15, -0.1) is 0 Å². The molecule has 3 aromatic rings. The Morgan fingerprint density at radius 3 is 1.56 bits per heavy atom. The number of anilines is 2. The van der Waals surface area contributed by atoms with Crippen LogP contribution in [-0.4, -0.2) is 22.9 Å². The normalized spacial score (nSPS) is 11.7. The van der Waals surface area contributed by atoms with E-state index in [1.165, 1.54) is 0 Å². The molecule has 0 atom stereocenters. The van der Waals surface area contributed by atoms with Crippen LogP contribution in [0.4, 0.5) is 11.4 Å². The molecule has 0 aliphatic carbocycles. The lowest BCUT2D eigenvalue weighted by Crippen LogP contribution is -2.18. The van der Waals surface area contributed by atoms with Gasteiger partial charge in [-0.3, -0.25) is 9.59 Å². The standard InChI is InChI=1S/C25H26N4O3/c1-25(2,3)19-14-12-18(13-15-19)24(31)28-21-7-5-4-6-20(21)27-23(30)17-10-8-16(9-11-17)22(26)29-32/h4-15,32H,1-3H3,(H2,26,29)(H,27,30)(H,28,31). The summed E-state index contributed by atoms with van der Waals surface area (Å²) in [6, 6.07) is 20.8. The van der Waals surface area contributed by atoms with Crippen molar-refractivity contribution in [2.75, 3.05) is 10.6 Å². The first-order chi connectivity index (χ1) is 15.2. The number of hydrogen-bond donors (Lipinski definition) is 4. The van der Waals surface area contributed by atoms with Crippen LogP contribution in [0.5, 0.6) is 0 Å². The Morgan fingerprint density at radius 1 is 0.750 bits per heavy atom. The van der Waals surface area contributed by atoms with Crippen LogP contribution in [0, 0.1) is 0 Å². The van der Waals surface area contributed by atoms with Crippen molar-refractivity contribution in [1.29, 1.82) is 0 Å². The van der Waals surface area contributed by atoms with Gasteiger partial charge in [0.1, 0.15) is 0 Å². The van der Waals surface area contributed by atoms with E-state index < -0.39 is 0 Å². The number of carbonyl (C=O) groups excluding carboxylic acids is 2. The minimum atomic E-state index is -0.354. The fourth-order valence-corrected chi connectivity index (χ4v) is 3.06. The summed E-state index contributed by atoms with van der Waals surface area (Å²) in [5, 5.41) is 17.4. The first-order valence-electron chi connectivity index (χ1n) is 10.1. The molecule has 0 aliphatic rings. The van der Waals surface area contributed by atoms with E-state index in [2.05, 4.69) is 36.6 Å². The summed E-state index contributed by atoms with van der Waals surface area (Å²) in [6.45, 7) is 6.34. The van der Waals surface area contributed by atoms with Crippen LogP contribution < -0.4 is 16.4 Å². The molecule has 0 radical (unpaired) electrons. The molecule has 3 rings (SSSR count). The molecule has 0 aliphatic heterocycles. The third-order valence-electron chi connectivity index (χ3n) is 4.99. The summed E-state index contributed by atoms with van der Waals surface area (Å²) in [5.41, 5.74) is 9.05. The fraction of sp³-hybridized carbons (Fsp3) is 0.160. The van der Waals surface area contributed by atoms with Gasteiger partial charge in [-0.2, -0.15) is 0 Å². The number of oxime groups is 1. The van der Waals surface area contributed by atoms with Gasteiger partial charge in [0.25, 0.3) is 11.8 Å². The maximum Gasteiger partial charge on any atom is 0.255 e. The number of nitrogens with one attached hydrogen (secondary N) is 2. The van der Waals surface area contributed by atoms with E-state index in [-0.39, 0.29) is 23.1 Å². The molecule has 0 unspecified atom stereocenters. The van der Waals surface area contributed by atoms with Gasteiger partial charge in [0.05, 0.1) is 11.4 Å². The number of nitrogens with two attached hydrogens (primary N) is 1. The van der Waals surface area contributed by atoms with Crippen molar-refractivity contribution in [3.8, 4) is 0 Å². The number of rotatable bonds is 5. The van der Waals surface area contributed by atoms with Gasteiger partial charge >= 0.3 is 0 Å². The van der Waals surface area contributed by atoms with Crippen molar-refractivity contribution in [2.45, 2.75) is 26.2 Å². The summed E-state index contributed by atoms with van der Waals surface area (Å²) < 4.78 is 0. The molecule has 32 heavy (non-hydrogen) atoms. The number of hydrogen-bond acceptors (Lipinski definition) is 4. The molecular formula is C25H26N4O3. The Balaban J connectivity index is 1.74. The van der Waals surface area contributed by atoms with Gasteiger partial charge in [-0.1, -0.05) is 62.3 Å². The number of amidine groups is 1. The fourth-order valence-electron chi connectivity index (χ4n) is 3.06. The van der Waals surface area contributed by atoms with Gasteiger partial charge in [-0.25, -0.2) is 0 Å². The molecule has 0 spiro atoms. The third-order valence-corrected chi connectivity index (χ3v) is 4.99. The van der Waals surface area contributed by atoms with E-state index in [0.717, 1.165) is 5.56 Å². The second-order valence-electron chi connectivity index (χ2n) is 8.34. The summed E-state index contributed by atoms with van der Waals surface area (Å²) in [7, 11) is 0. The van der Waals surface area contributed by atoms with Crippen LogP contribution in [0.25, 0.3) is 0 Å². The molecule has 7 nitrogen and oxygen atoms in total. The average molecular weight is 431 g/mol. The highest BCUT2D eigenvalue weighted by Crippen LogP contribution is 2.25. The molecule has 2 amide bonds. The number of nitrogens with zero attached hydrogens (tertiary/aromatic N) is 1. The molecule has 5 N–H and O–H groups in total. The van der Waals surface area contributed by atoms with Crippen LogP contribution in [0.1, 0.15) is 52.6 Å². The zero-order chi connectivity index (χ0) is 23.3. The monoisotopic (exact) mass is 430 g/mol. The zero-order valence-corrected chi connectivity index (χ0v) is 18.2. The van der Waals surface area contributed by atoms with E-state index in [9.17, 15) is 9.59 Å². The first-order valence-corrected chi connectivity index (χ1v) is 10.1. The van der Waals surface area contributed by atoms with Crippen molar-refractivity contribution in [3.63, 3.8) is 0 Å². The van der Waals surface area contributed by atoms with E-state index >= 15 is 0 Å². The SMILES string of the molecule is CC(C)(C)c1ccc(C(=O)Nc2ccccc2NC(=O)c2ccc(/C(N)=N\O)cc2)cc1. The van der Waals surface area contributed by atoms with Crippen LogP contribution >= 0.6 is 0 Å².